The summed E-state index contributed by atoms with van der Waals surface area (Å²) in [6, 6.07) is 7.29. The van der Waals surface area contributed by atoms with Crippen LogP contribution in [0.15, 0.2) is 24.3 Å². The lowest BCUT2D eigenvalue weighted by molar-refractivity contribution is 0.0285. The van der Waals surface area contributed by atoms with Crippen LogP contribution in [0.5, 0.6) is 0 Å². The number of morpholine rings is 1. The SMILES string of the molecule is CN(Cc1ccccc1NC(=O)N1CCOCC1)C(=O)OC(C)(C)C. The normalized spacial score (nSPS) is 14.8. The van der Waals surface area contributed by atoms with Crippen molar-refractivity contribution in [1.82, 2.24) is 9.80 Å². The zero-order valence-corrected chi connectivity index (χ0v) is 15.4. The zero-order valence-electron chi connectivity index (χ0n) is 15.4. The number of amides is 3. The second-order valence-electron chi connectivity index (χ2n) is 7.02. The second-order valence-corrected chi connectivity index (χ2v) is 7.02. The fourth-order valence-corrected chi connectivity index (χ4v) is 2.40. The van der Waals surface area contributed by atoms with Gasteiger partial charge >= 0.3 is 12.1 Å². The van der Waals surface area contributed by atoms with Crippen molar-refractivity contribution in [2.45, 2.75) is 32.9 Å². The highest BCUT2D eigenvalue weighted by atomic mass is 16.6. The molecule has 0 atom stereocenters. The number of anilines is 1. The maximum Gasteiger partial charge on any atom is 0.410 e. The van der Waals surface area contributed by atoms with Gasteiger partial charge in [-0.3, -0.25) is 0 Å². The Balaban J connectivity index is 2.02. The van der Waals surface area contributed by atoms with Crippen molar-refractivity contribution in [1.29, 1.82) is 0 Å². The van der Waals surface area contributed by atoms with E-state index < -0.39 is 11.7 Å². The van der Waals surface area contributed by atoms with E-state index in [-0.39, 0.29) is 6.03 Å². The molecule has 1 fully saturated rings. The largest absolute Gasteiger partial charge is 0.444 e. The summed E-state index contributed by atoms with van der Waals surface area (Å²) >= 11 is 0. The number of ether oxygens (including phenoxy) is 2. The summed E-state index contributed by atoms with van der Waals surface area (Å²) < 4.78 is 10.6. The molecular weight excluding hydrogens is 322 g/mol. The van der Waals surface area contributed by atoms with Crippen molar-refractivity contribution < 1.29 is 19.1 Å². The smallest absolute Gasteiger partial charge is 0.410 e. The van der Waals surface area contributed by atoms with Gasteiger partial charge in [-0.25, -0.2) is 9.59 Å². The van der Waals surface area contributed by atoms with Crippen LogP contribution in [0.2, 0.25) is 0 Å². The number of carbonyl (C=O) groups excluding carboxylic acids is 2. The molecule has 0 aliphatic carbocycles. The summed E-state index contributed by atoms with van der Waals surface area (Å²) in [7, 11) is 1.68. The molecule has 0 aromatic heterocycles. The predicted octanol–water partition coefficient (Wildman–Crippen LogP) is 2.92. The van der Waals surface area contributed by atoms with Crippen molar-refractivity contribution in [3.05, 3.63) is 29.8 Å². The molecule has 0 saturated carbocycles. The molecule has 1 aliphatic heterocycles. The Morgan fingerprint density at radius 3 is 2.52 bits per heavy atom. The van der Waals surface area contributed by atoms with Crippen LogP contribution in [-0.2, 0) is 16.0 Å². The van der Waals surface area contributed by atoms with E-state index in [9.17, 15) is 9.59 Å². The number of carbonyl (C=O) groups is 2. The molecule has 1 heterocycles. The van der Waals surface area contributed by atoms with E-state index in [1.807, 2.05) is 45.0 Å². The number of nitrogens with one attached hydrogen (secondary N) is 1. The Labute approximate surface area is 148 Å². The van der Waals surface area contributed by atoms with Crippen molar-refractivity contribution in [3.63, 3.8) is 0 Å². The van der Waals surface area contributed by atoms with Crippen LogP contribution in [0.25, 0.3) is 0 Å². The Morgan fingerprint density at radius 1 is 1.24 bits per heavy atom. The van der Waals surface area contributed by atoms with Gasteiger partial charge in [0.15, 0.2) is 0 Å². The quantitative estimate of drug-likeness (QED) is 0.911. The number of hydrogen-bond donors (Lipinski definition) is 1. The summed E-state index contributed by atoms with van der Waals surface area (Å²) in [5.74, 6) is 0. The van der Waals surface area contributed by atoms with Crippen molar-refractivity contribution in [2.75, 3.05) is 38.7 Å². The third kappa shape index (κ3) is 5.94. The fraction of sp³-hybridized carbons (Fsp3) is 0.556. The number of nitrogens with zero attached hydrogens (tertiary/aromatic N) is 2. The fourth-order valence-electron chi connectivity index (χ4n) is 2.40. The lowest BCUT2D eigenvalue weighted by atomic mass is 10.1. The average molecular weight is 349 g/mol. The molecule has 25 heavy (non-hydrogen) atoms. The van der Waals surface area contributed by atoms with Crippen LogP contribution in [-0.4, -0.2) is 60.9 Å². The molecule has 0 radical (unpaired) electrons. The summed E-state index contributed by atoms with van der Waals surface area (Å²) in [5, 5.41) is 2.93. The van der Waals surface area contributed by atoms with E-state index in [4.69, 9.17) is 9.47 Å². The van der Waals surface area contributed by atoms with Crippen molar-refractivity contribution in [2.24, 2.45) is 0 Å². The highest BCUT2D eigenvalue weighted by Gasteiger charge is 2.21. The molecule has 7 heteroatoms. The Hall–Kier alpha value is -2.28. The summed E-state index contributed by atoms with van der Waals surface area (Å²) in [6.45, 7) is 8.08. The van der Waals surface area contributed by atoms with Gasteiger partial charge in [0, 0.05) is 25.8 Å². The van der Waals surface area contributed by atoms with Gasteiger partial charge in [0.2, 0.25) is 0 Å². The molecule has 1 aromatic carbocycles. The number of rotatable bonds is 3. The van der Waals surface area contributed by atoms with Crippen LogP contribution in [0, 0.1) is 0 Å². The van der Waals surface area contributed by atoms with E-state index in [1.54, 1.807) is 11.9 Å². The summed E-state index contributed by atoms with van der Waals surface area (Å²) in [4.78, 5) is 27.7. The number of hydrogen-bond acceptors (Lipinski definition) is 4. The molecule has 3 amide bonds. The monoisotopic (exact) mass is 349 g/mol. The lowest BCUT2D eigenvalue weighted by Gasteiger charge is -2.28. The van der Waals surface area contributed by atoms with Crippen LogP contribution in [0.3, 0.4) is 0 Å². The van der Waals surface area contributed by atoms with Gasteiger partial charge in [-0.2, -0.15) is 0 Å². The highest BCUT2D eigenvalue weighted by Crippen LogP contribution is 2.19. The molecule has 7 nitrogen and oxygen atoms in total. The first-order chi connectivity index (χ1) is 11.8. The number of urea groups is 1. The average Bonchev–Trinajstić information content (AvgIpc) is 2.55. The highest BCUT2D eigenvalue weighted by molar-refractivity contribution is 5.90. The molecule has 2 rings (SSSR count). The van der Waals surface area contributed by atoms with Gasteiger partial charge in [-0.15, -0.1) is 0 Å². The second kappa shape index (κ2) is 8.20. The first-order valence-corrected chi connectivity index (χ1v) is 8.42. The van der Waals surface area contributed by atoms with Gasteiger partial charge in [0.05, 0.1) is 19.8 Å². The maximum atomic E-state index is 12.4. The van der Waals surface area contributed by atoms with Gasteiger partial charge in [0.1, 0.15) is 5.60 Å². The third-order valence-corrected chi connectivity index (χ3v) is 3.67. The van der Waals surface area contributed by atoms with E-state index in [0.29, 0.717) is 38.5 Å². The Bertz CT molecular complexity index is 607. The molecule has 1 N–H and O–H groups in total. The molecule has 0 spiro atoms. The topological polar surface area (TPSA) is 71.1 Å². The van der Waals surface area contributed by atoms with Crippen molar-refractivity contribution in [3.8, 4) is 0 Å². The van der Waals surface area contributed by atoms with Crippen molar-refractivity contribution >= 4 is 17.8 Å². The summed E-state index contributed by atoms with van der Waals surface area (Å²) in [6.07, 6.45) is -0.401. The molecule has 0 unspecified atom stereocenters. The molecular formula is C18H27N3O4. The van der Waals surface area contributed by atoms with E-state index in [2.05, 4.69) is 5.32 Å². The standard InChI is InChI=1S/C18H27N3O4/c1-18(2,3)25-17(23)20(4)13-14-7-5-6-8-15(14)19-16(22)21-9-11-24-12-10-21/h5-8H,9-13H2,1-4H3,(H,19,22). The molecule has 1 aromatic rings. The zero-order chi connectivity index (χ0) is 18.4. The van der Waals surface area contributed by atoms with E-state index in [0.717, 1.165) is 5.56 Å². The van der Waals surface area contributed by atoms with Crippen LogP contribution in [0.4, 0.5) is 15.3 Å². The van der Waals surface area contributed by atoms with Gasteiger partial charge < -0.3 is 24.6 Å². The Kier molecular flexibility index (Phi) is 6.25. The van der Waals surface area contributed by atoms with Crippen LogP contribution >= 0.6 is 0 Å². The Morgan fingerprint density at radius 2 is 1.88 bits per heavy atom. The molecule has 1 saturated heterocycles. The third-order valence-electron chi connectivity index (χ3n) is 3.67. The first kappa shape index (κ1) is 19.1. The number of para-hydroxylation sites is 1. The molecule has 1 aliphatic rings. The lowest BCUT2D eigenvalue weighted by Crippen LogP contribution is -2.43. The molecule has 0 bridgehead atoms. The van der Waals surface area contributed by atoms with Gasteiger partial charge in [-0.05, 0) is 32.4 Å². The molecule has 138 valence electrons. The first-order valence-electron chi connectivity index (χ1n) is 8.42. The van der Waals surface area contributed by atoms with E-state index >= 15 is 0 Å². The predicted molar refractivity (Wildman–Crippen MR) is 95.6 cm³/mol. The van der Waals surface area contributed by atoms with Gasteiger partial charge in [-0.1, -0.05) is 18.2 Å². The van der Waals surface area contributed by atoms with E-state index in [1.165, 1.54) is 4.90 Å². The maximum absolute atomic E-state index is 12.4. The van der Waals surface area contributed by atoms with Crippen LogP contribution < -0.4 is 5.32 Å². The number of benzene rings is 1. The van der Waals surface area contributed by atoms with Crippen LogP contribution in [0.1, 0.15) is 26.3 Å². The minimum atomic E-state index is -0.546. The minimum absolute atomic E-state index is 0.157. The van der Waals surface area contributed by atoms with Gasteiger partial charge in [0.25, 0.3) is 0 Å². The summed E-state index contributed by atoms with van der Waals surface area (Å²) in [5.41, 5.74) is 0.988. The minimum Gasteiger partial charge on any atom is -0.444 e.